The lowest BCUT2D eigenvalue weighted by Crippen LogP contribution is -2.42. The topological polar surface area (TPSA) is 81.9 Å². The maximum atomic E-state index is 12.8. The Morgan fingerprint density at radius 3 is 2.04 bits per heavy atom. The molecular weight excluding hydrogens is 328 g/mol. The average molecular weight is 344 g/mol. The molecule has 0 saturated heterocycles. The monoisotopic (exact) mass is 344 g/mol. The quantitative estimate of drug-likeness (QED) is 0.505. The Balaban J connectivity index is 1.68. The molecule has 0 radical (unpaired) electrons. The van der Waals surface area contributed by atoms with E-state index < -0.39 is 11.5 Å². The minimum absolute atomic E-state index is 0.0563. The SMILES string of the molecule is O=C(N/N=C/c1ccccc1O)C1(O)c2ccccc2-c2ccccc21. The zero-order valence-electron chi connectivity index (χ0n) is 13.8. The number of benzene rings is 3. The molecule has 0 atom stereocenters. The molecule has 0 heterocycles. The van der Waals surface area contributed by atoms with Crippen LogP contribution in [0.1, 0.15) is 16.7 Å². The van der Waals surface area contributed by atoms with Crippen molar-refractivity contribution in [3.8, 4) is 16.9 Å². The molecule has 0 aromatic heterocycles. The van der Waals surface area contributed by atoms with Crippen LogP contribution >= 0.6 is 0 Å². The zero-order valence-corrected chi connectivity index (χ0v) is 13.8. The van der Waals surface area contributed by atoms with Crippen LogP contribution in [-0.2, 0) is 10.4 Å². The maximum Gasteiger partial charge on any atom is 0.281 e. The van der Waals surface area contributed by atoms with Gasteiger partial charge in [0.1, 0.15) is 5.75 Å². The number of carbonyl (C=O) groups excluding carboxylic acids is 1. The summed E-state index contributed by atoms with van der Waals surface area (Å²) in [4.78, 5) is 12.8. The third-order valence-electron chi connectivity index (χ3n) is 4.56. The Kier molecular flexibility index (Phi) is 3.78. The molecule has 3 aromatic rings. The van der Waals surface area contributed by atoms with Crippen LogP contribution in [0.4, 0.5) is 0 Å². The van der Waals surface area contributed by atoms with Crippen LogP contribution in [0.15, 0.2) is 77.9 Å². The highest BCUT2D eigenvalue weighted by atomic mass is 16.3. The van der Waals surface area contributed by atoms with Crippen LogP contribution in [0.2, 0.25) is 0 Å². The molecule has 4 rings (SSSR count). The molecule has 0 fully saturated rings. The fourth-order valence-electron chi connectivity index (χ4n) is 3.29. The van der Waals surface area contributed by atoms with Gasteiger partial charge >= 0.3 is 0 Å². The van der Waals surface area contributed by atoms with Crippen molar-refractivity contribution < 1.29 is 15.0 Å². The predicted octanol–water partition coefficient (Wildman–Crippen LogP) is 2.76. The van der Waals surface area contributed by atoms with Crippen molar-refractivity contribution in [3.05, 3.63) is 89.5 Å². The number of fused-ring (bicyclic) bond motifs is 3. The number of hydrazone groups is 1. The largest absolute Gasteiger partial charge is 0.507 e. The van der Waals surface area contributed by atoms with Gasteiger partial charge in [0.25, 0.3) is 5.91 Å². The van der Waals surface area contributed by atoms with Gasteiger partial charge in [0.15, 0.2) is 5.60 Å². The summed E-state index contributed by atoms with van der Waals surface area (Å²) in [6.45, 7) is 0. The van der Waals surface area contributed by atoms with Gasteiger partial charge in [-0.15, -0.1) is 0 Å². The van der Waals surface area contributed by atoms with Crippen LogP contribution < -0.4 is 5.43 Å². The molecule has 3 N–H and O–H groups in total. The first-order valence-corrected chi connectivity index (χ1v) is 8.15. The number of para-hydroxylation sites is 1. The summed E-state index contributed by atoms with van der Waals surface area (Å²) in [5.74, 6) is -0.595. The Morgan fingerprint density at radius 2 is 1.42 bits per heavy atom. The highest BCUT2D eigenvalue weighted by Gasteiger charge is 2.47. The summed E-state index contributed by atoms with van der Waals surface area (Å²) in [5, 5.41) is 24.9. The number of nitrogens with one attached hydrogen (secondary N) is 1. The minimum Gasteiger partial charge on any atom is -0.507 e. The van der Waals surface area contributed by atoms with Gasteiger partial charge in [-0.05, 0) is 23.3 Å². The third-order valence-corrected chi connectivity index (χ3v) is 4.56. The van der Waals surface area contributed by atoms with Crippen LogP contribution in [0.25, 0.3) is 11.1 Å². The summed E-state index contributed by atoms with van der Waals surface area (Å²) in [7, 11) is 0. The van der Waals surface area contributed by atoms with Gasteiger partial charge in [-0.3, -0.25) is 4.79 Å². The fraction of sp³-hybridized carbons (Fsp3) is 0.0476. The smallest absolute Gasteiger partial charge is 0.281 e. The number of aromatic hydroxyl groups is 1. The molecule has 0 unspecified atom stereocenters. The van der Waals surface area contributed by atoms with Crippen LogP contribution in [0.5, 0.6) is 5.75 Å². The molecule has 1 amide bonds. The Hall–Kier alpha value is -3.44. The van der Waals surface area contributed by atoms with Crippen molar-refractivity contribution >= 4 is 12.1 Å². The number of rotatable bonds is 3. The van der Waals surface area contributed by atoms with Crippen molar-refractivity contribution in [3.63, 3.8) is 0 Å². The summed E-state index contributed by atoms with van der Waals surface area (Å²) in [6, 6.07) is 21.2. The first-order chi connectivity index (χ1) is 12.6. The summed E-state index contributed by atoms with van der Waals surface area (Å²) >= 11 is 0. The lowest BCUT2D eigenvalue weighted by atomic mass is 9.91. The molecule has 1 aliphatic carbocycles. The number of aliphatic hydroxyl groups is 1. The van der Waals surface area contributed by atoms with Crippen molar-refractivity contribution in [2.75, 3.05) is 0 Å². The van der Waals surface area contributed by atoms with E-state index in [4.69, 9.17) is 0 Å². The second-order valence-corrected chi connectivity index (χ2v) is 6.06. The Morgan fingerprint density at radius 1 is 0.885 bits per heavy atom. The molecule has 5 nitrogen and oxygen atoms in total. The van der Waals surface area contributed by atoms with E-state index in [1.54, 1.807) is 42.5 Å². The van der Waals surface area contributed by atoms with Gasteiger partial charge in [-0.25, -0.2) is 5.43 Å². The molecule has 0 aliphatic heterocycles. The number of hydrogen-bond donors (Lipinski definition) is 3. The minimum atomic E-state index is -1.82. The lowest BCUT2D eigenvalue weighted by Gasteiger charge is -2.23. The van der Waals surface area contributed by atoms with E-state index in [0.29, 0.717) is 16.7 Å². The van der Waals surface area contributed by atoms with E-state index >= 15 is 0 Å². The first kappa shape index (κ1) is 16.1. The molecule has 5 heteroatoms. The van der Waals surface area contributed by atoms with E-state index in [9.17, 15) is 15.0 Å². The van der Waals surface area contributed by atoms with E-state index in [2.05, 4.69) is 10.5 Å². The molecule has 0 bridgehead atoms. The van der Waals surface area contributed by atoms with E-state index in [-0.39, 0.29) is 5.75 Å². The average Bonchev–Trinajstić information content (AvgIpc) is 2.94. The fourth-order valence-corrected chi connectivity index (χ4v) is 3.29. The highest BCUT2D eigenvalue weighted by molar-refractivity contribution is 5.99. The number of hydrogen-bond acceptors (Lipinski definition) is 4. The van der Waals surface area contributed by atoms with E-state index in [1.165, 1.54) is 12.3 Å². The number of phenols is 1. The van der Waals surface area contributed by atoms with Crippen LogP contribution in [-0.4, -0.2) is 22.3 Å². The maximum absolute atomic E-state index is 12.8. The molecule has 26 heavy (non-hydrogen) atoms. The van der Waals surface area contributed by atoms with Crippen molar-refractivity contribution in [2.24, 2.45) is 5.10 Å². The lowest BCUT2D eigenvalue weighted by molar-refractivity contribution is -0.136. The zero-order chi connectivity index (χ0) is 18.1. The number of carbonyl (C=O) groups is 1. The standard InChI is InChI=1S/C21H16N2O3/c24-19-12-6-1-7-14(19)13-22-23-20(25)21(26)17-10-4-2-8-15(17)16-9-3-5-11-18(16)21/h1-13,24,26H,(H,23,25)/b22-13+. The van der Waals surface area contributed by atoms with Gasteiger partial charge in [-0.2, -0.15) is 5.10 Å². The van der Waals surface area contributed by atoms with Gasteiger partial charge < -0.3 is 10.2 Å². The van der Waals surface area contributed by atoms with E-state index in [0.717, 1.165) is 11.1 Å². The summed E-state index contributed by atoms with van der Waals surface area (Å²) in [6.07, 6.45) is 1.34. The predicted molar refractivity (Wildman–Crippen MR) is 98.7 cm³/mol. The number of amides is 1. The van der Waals surface area contributed by atoms with Crippen LogP contribution in [0, 0.1) is 0 Å². The van der Waals surface area contributed by atoms with Gasteiger partial charge in [-0.1, -0.05) is 60.7 Å². The van der Waals surface area contributed by atoms with Crippen LogP contribution in [0.3, 0.4) is 0 Å². The second kappa shape index (κ2) is 6.13. The second-order valence-electron chi connectivity index (χ2n) is 6.06. The molecule has 128 valence electrons. The third kappa shape index (κ3) is 2.37. The molecule has 1 aliphatic rings. The Bertz CT molecular complexity index is 982. The molecule has 0 spiro atoms. The molecule has 0 saturated carbocycles. The summed E-state index contributed by atoms with van der Waals surface area (Å²) < 4.78 is 0. The van der Waals surface area contributed by atoms with Crippen molar-refractivity contribution in [1.29, 1.82) is 0 Å². The highest BCUT2D eigenvalue weighted by Crippen LogP contribution is 2.47. The number of phenolic OH excluding ortho intramolecular Hbond substituents is 1. The van der Waals surface area contributed by atoms with Crippen molar-refractivity contribution in [1.82, 2.24) is 5.43 Å². The summed E-state index contributed by atoms with van der Waals surface area (Å²) in [5.41, 5.74) is 3.74. The molecular formula is C21H16N2O3. The van der Waals surface area contributed by atoms with Gasteiger partial charge in [0.2, 0.25) is 0 Å². The normalized spacial score (nSPS) is 14.0. The number of nitrogens with zero attached hydrogens (tertiary/aromatic N) is 1. The Labute approximate surface area is 150 Å². The first-order valence-electron chi connectivity index (χ1n) is 8.15. The van der Waals surface area contributed by atoms with Gasteiger partial charge in [0.05, 0.1) is 6.21 Å². The van der Waals surface area contributed by atoms with Crippen molar-refractivity contribution in [2.45, 2.75) is 5.60 Å². The molecule has 3 aromatic carbocycles. The van der Waals surface area contributed by atoms with Gasteiger partial charge in [0, 0.05) is 16.7 Å². The van der Waals surface area contributed by atoms with E-state index in [1.807, 2.05) is 24.3 Å².